The summed E-state index contributed by atoms with van der Waals surface area (Å²) in [5.74, 6) is -2.65. The maximum absolute atomic E-state index is 12.8. The van der Waals surface area contributed by atoms with Crippen molar-refractivity contribution in [3.63, 3.8) is 0 Å². The van der Waals surface area contributed by atoms with E-state index in [1.54, 1.807) is 6.92 Å². The summed E-state index contributed by atoms with van der Waals surface area (Å²) in [5.41, 5.74) is 4.47. The second kappa shape index (κ2) is 11.2. The second-order valence-electron chi connectivity index (χ2n) is 8.94. The predicted molar refractivity (Wildman–Crippen MR) is 127 cm³/mol. The van der Waals surface area contributed by atoms with Crippen LogP contribution in [-0.4, -0.2) is 53.5 Å². The second-order valence-corrected chi connectivity index (χ2v) is 8.94. The van der Waals surface area contributed by atoms with Gasteiger partial charge in [-0.15, -0.1) is 0 Å². The van der Waals surface area contributed by atoms with Crippen LogP contribution >= 0.6 is 0 Å². The number of hydrogen-bond acceptors (Lipinski definition) is 5. The van der Waals surface area contributed by atoms with E-state index in [-0.39, 0.29) is 31.5 Å². The number of fused-ring (bicyclic) bond motifs is 3. The minimum absolute atomic E-state index is 0.0764. The van der Waals surface area contributed by atoms with Gasteiger partial charge < -0.3 is 25.6 Å². The van der Waals surface area contributed by atoms with Crippen LogP contribution in [0.15, 0.2) is 48.5 Å². The molecule has 2 aromatic carbocycles. The number of carboxylic acids is 1. The van der Waals surface area contributed by atoms with Crippen molar-refractivity contribution in [2.24, 2.45) is 11.8 Å². The summed E-state index contributed by atoms with van der Waals surface area (Å²) in [4.78, 5) is 36.8. The van der Waals surface area contributed by atoms with Crippen LogP contribution in [-0.2, 0) is 14.3 Å². The van der Waals surface area contributed by atoms with Crippen LogP contribution in [0.2, 0.25) is 0 Å². The number of ether oxygens (including phenoxy) is 1. The Morgan fingerprint density at radius 3 is 2.00 bits per heavy atom. The summed E-state index contributed by atoms with van der Waals surface area (Å²) in [6.07, 6.45) is -0.738. The van der Waals surface area contributed by atoms with Crippen molar-refractivity contribution in [2.75, 3.05) is 13.2 Å². The molecule has 3 atom stereocenters. The topological polar surface area (TPSA) is 125 Å². The largest absolute Gasteiger partial charge is 0.480 e. The Morgan fingerprint density at radius 2 is 1.50 bits per heavy atom. The molecule has 3 rings (SSSR count). The molecule has 0 spiro atoms. The van der Waals surface area contributed by atoms with Crippen LogP contribution in [0.25, 0.3) is 11.1 Å². The Balaban J connectivity index is 1.63. The van der Waals surface area contributed by atoms with E-state index in [0.29, 0.717) is 0 Å². The number of benzene rings is 2. The number of alkyl carbamates (subject to hydrolysis) is 1. The fraction of sp³-hybridized carbons (Fsp3) is 0.423. The zero-order valence-corrected chi connectivity index (χ0v) is 19.7. The lowest BCUT2D eigenvalue weighted by atomic mass is 9.88. The van der Waals surface area contributed by atoms with Gasteiger partial charge in [0, 0.05) is 25.0 Å². The third-order valence-electron chi connectivity index (χ3n) is 6.28. The maximum Gasteiger partial charge on any atom is 0.407 e. The predicted octanol–water partition coefficient (Wildman–Crippen LogP) is 3.14. The fourth-order valence-corrected chi connectivity index (χ4v) is 4.68. The Bertz CT molecular complexity index is 992. The number of carbonyl (C=O) groups excluding carboxylic acids is 2. The SMILES string of the molecule is CC(C)C(C(=O)NC(CCO)C(=O)O)C(C)NC(=O)OCC1c2ccccc2-c2ccccc21. The summed E-state index contributed by atoms with van der Waals surface area (Å²) in [7, 11) is 0. The monoisotopic (exact) mass is 468 g/mol. The molecule has 3 unspecified atom stereocenters. The van der Waals surface area contributed by atoms with Crippen LogP contribution in [0.4, 0.5) is 4.79 Å². The highest BCUT2D eigenvalue weighted by Crippen LogP contribution is 2.44. The fourth-order valence-electron chi connectivity index (χ4n) is 4.68. The van der Waals surface area contributed by atoms with Crippen LogP contribution in [0.1, 0.15) is 44.2 Å². The van der Waals surface area contributed by atoms with Crippen molar-refractivity contribution in [1.82, 2.24) is 10.6 Å². The molecule has 4 N–H and O–H groups in total. The van der Waals surface area contributed by atoms with Gasteiger partial charge in [0.25, 0.3) is 0 Å². The molecule has 1 aliphatic rings. The number of carboxylic acid groups (broad SMARTS) is 1. The Labute approximate surface area is 199 Å². The molecule has 0 saturated heterocycles. The molecule has 0 aliphatic heterocycles. The number of hydrogen-bond donors (Lipinski definition) is 4. The summed E-state index contributed by atoms with van der Waals surface area (Å²) in [6.45, 7) is 5.12. The van der Waals surface area contributed by atoms with Crippen LogP contribution in [0, 0.1) is 11.8 Å². The summed E-state index contributed by atoms with van der Waals surface area (Å²) >= 11 is 0. The number of amides is 2. The third kappa shape index (κ3) is 5.56. The highest BCUT2D eigenvalue weighted by molar-refractivity contribution is 5.86. The number of carbonyl (C=O) groups is 3. The van der Waals surface area contributed by atoms with E-state index in [4.69, 9.17) is 9.84 Å². The van der Waals surface area contributed by atoms with Crippen LogP contribution < -0.4 is 10.6 Å². The van der Waals surface area contributed by atoms with E-state index in [0.717, 1.165) is 22.3 Å². The smallest absolute Gasteiger partial charge is 0.407 e. The third-order valence-corrected chi connectivity index (χ3v) is 6.28. The maximum atomic E-state index is 12.8. The normalized spacial score (nSPS) is 15.1. The first-order valence-electron chi connectivity index (χ1n) is 11.5. The lowest BCUT2D eigenvalue weighted by molar-refractivity contribution is -0.143. The number of aliphatic carboxylic acids is 1. The van der Waals surface area contributed by atoms with Gasteiger partial charge in [-0.25, -0.2) is 9.59 Å². The first-order chi connectivity index (χ1) is 16.2. The molecule has 8 nitrogen and oxygen atoms in total. The number of rotatable bonds is 10. The first-order valence-corrected chi connectivity index (χ1v) is 11.5. The van der Waals surface area contributed by atoms with E-state index < -0.39 is 36.0 Å². The highest BCUT2D eigenvalue weighted by atomic mass is 16.5. The number of aliphatic hydroxyl groups excluding tert-OH is 1. The molecule has 2 amide bonds. The molecule has 1 aliphatic carbocycles. The zero-order valence-electron chi connectivity index (χ0n) is 19.7. The van der Waals surface area contributed by atoms with Crippen molar-refractivity contribution in [1.29, 1.82) is 0 Å². The van der Waals surface area contributed by atoms with Crippen LogP contribution in [0.5, 0.6) is 0 Å². The van der Waals surface area contributed by atoms with Crippen molar-refractivity contribution >= 4 is 18.0 Å². The van der Waals surface area contributed by atoms with Gasteiger partial charge >= 0.3 is 12.1 Å². The van der Waals surface area contributed by atoms with Gasteiger partial charge in [0.2, 0.25) is 5.91 Å². The lowest BCUT2D eigenvalue weighted by Crippen LogP contribution is -2.51. The molecule has 8 heteroatoms. The molecule has 0 saturated carbocycles. The molecule has 34 heavy (non-hydrogen) atoms. The van der Waals surface area contributed by atoms with Gasteiger partial charge in [-0.05, 0) is 35.1 Å². The average molecular weight is 469 g/mol. The van der Waals surface area contributed by atoms with Crippen LogP contribution in [0.3, 0.4) is 0 Å². The molecule has 0 radical (unpaired) electrons. The van der Waals surface area contributed by atoms with E-state index in [1.807, 2.05) is 50.2 Å². The molecule has 182 valence electrons. The van der Waals surface area contributed by atoms with Crippen molar-refractivity contribution in [2.45, 2.75) is 45.2 Å². The molecule has 0 bridgehead atoms. The minimum atomic E-state index is -1.22. The molecular weight excluding hydrogens is 436 g/mol. The Hall–Kier alpha value is -3.39. The van der Waals surface area contributed by atoms with Gasteiger partial charge in [-0.2, -0.15) is 0 Å². The zero-order chi connectivity index (χ0) is 24.8. The number of nitrogens with one attached hydrogen (secondary N) is 2. The Kier molecular flexibility index (Phi) is 8.28. The van der Waals surface area contributed by atoms with Gasteiger partial charge in [0.15, 0.2) is 0 Å². The van der Waals surface area contributed by atoms with E-state index in [2.05, 4.69) is 22.8 Å². The average Bonchev–Trinajstić information content (AvgIpc) is 3.11. The highest BCUT2D eigenvalue weighted by Gasteiger charge is 2.33. The molecule has 0 heterocycles. The molecule has 2 aromatic rings. The van der Waals surface area contributed by atoms with Gasteiger partial charge in [0.05, 0.1) is 5.92 Å². The molecular formula is C26H32N2O6. The Morgan fingerprint density at radius 1 is 0.941 bits per heavy atom. The van der Waals surface area contributed by atoms with Crippen molar-refractivity contribution < 1.29 is 29.3 Å². The molecule has 0 aromatic heterocycles. The first kappa shape index (κ1) is 25.2. The quantitative estimate of drug-likeness (QED) is 0.425. The molecule has 0 fully saturated rings. The summed E-state index contributed by atoms with van der Waals surface area (Å²) in [5, 5.41) is 23.5. The van der Waals surface area contributed by atoms with Crippen molar-refractivity contribution in [3.05, 3.63) is 59.7 Å². The minimum Gasteiger partial charge on any atom is -0.480 e. The van der Waals surface area contributed by atoms with Crippen molar-refractivity contribution in [3.8, 4) is 11.1 Å². The summed E-state index contributed by atoms with van der Waals surface area (Å²) < 4.78 is 5.57. The van der Waals surface area contributed by atoms with Gasteiger partial charge in [0.1, 0.15) is 12.6 Å². The van der Waals surface area contributed by atoms with E-state index in [1.165, 1.54) is 0 Å². The standard InChI is InChI=1S/C26H32N2O6/c1-15(2)23(24(30)28-22(12-13-29)25(31)32)16(3)27-26(33)34-14-21-19-10-6-4-8-17(19)18-9-5-7-11-20(18)21/h4-11,15-16,21-23,29H,12-14H2,1-3H3,(H,27,33)(H,28,30)(H,31,32). The van der Waals surface area contributed by atoms with Gasteiger partial charge in [-0.1, -0.05) is 62.4 Å². The van der Waals surface area contributed by atoms with E-state index in [9.17, 15) is 19.5 Å². The lowest BCUT2D eigenvalue weighted by Gasteiger charge is -2.28. The summed E-state index contributed by atoms with van der Waals surface area (Å²) in [6, 6.07) is 14.3. The van der Waals surface area contributed by atoms with Gasteiger partial charge in [-0.3, -0.25) is 4.79 Å². The number of aliphatic hydroxyl groups is 1. The van der Waals surface area contributed by atoms with E-state index >= 15 is 0 Å².